The van der Waals surface area contributed by atoms with Gasteiger partial charge in [0.2, 0.25) is 0 Å². The Morgan fingerprint density at radius 3 is 2.59 bits per heavy atom. The second kappa shape index (κ2) is 7.21. The highest BCUT2D eigenvalue weighted by molar-refractivity contribution is 5.89. The lowest BCUT2D eigenvalue weighted by Crippen LogP contribution is -2.30. The van der Waals surface area contributed by atoms with Crippen LogP contribution in [-0.2, 0) is 6.42 Å². The molecule has 2 aromatic rings. The highest BCUT2D eigenvalue weighted by Gasteiger charge is 2.12. The number of hydrogen-bond acceptors (Lipinski definition) is 3. The van der Waals surface area contributed by atoms with Crippen molar-refractivity contribution >= 4 is 17.4 Å². The number of carbonyl (C=O) groups excluding carboxylic acids is 1. The molecular weight excluding hydrogens is 282 g/mol. The van der Waals surface area contributed by atoms with Crippen LogP contribution >= 0.6 is 0 Å². The molecule has 0 saturated carbocycles. The van der Waals surface area contributed by atoms with E-state index in [4.69, 9.17) is 0 Å². The van der Waals surface area contributed by atoms with Crippen molar-refractivity contribution in [2.24, 2.45) is 0 Å². The van der Waals surface area contributed by atoms with Crippen molar-refractivity contribution in [1.82, 2.24) is 5.32 Å². The van der Waals surface area contributed by atoms with Crippen LogP contribution in [0.5, 0.6) is 0 Å². The Morgan fingerprint density at radius 1 is 1.18 bits per heavy atom. The van der Waals surface area contributed by atoms with Gasteiger partial charge in [0.25, 0.3) is 5.69 Å². The quantitative estimate of drug-likeness (QED) is 0.656. The molecule has 0 atom stereocenters. The fraction of sp³-hybridized carbons (Fsp3) is 0.188. The zero-order valence-electron chi connectivity index (χ0n) is 12.2. The fourth-order valence-corrected chi connectivity index (χ4v) is 2.02. The predicted octanol–water partition coefficient (Wildman–Crippen LogP) is 3.27. The van der Waals surface area contributed by atoms with Crippen LogP contribution in [0.15, 0.2) is 48.5 Å². The average molecular weight is 299 g/mol. The number of nitro benzene ring substituents is 1. The first-order chi connectivity index (χ1) is 10.6. The average Bonchev–Trinajstić information content (AvgIpc) is 2.50. The zero-order valence-corrected chi connectivity index (χ0v) is 12.2. The molecule has 0 saturated heterocycles. The number of carbonyl (C=O) groups is 1. The van der Waals surface area contributed by atoms with Gasteiger partial charge in [-0.1, -0.05) is 36.4 Å². The van der Waals surface area contributed by atoms with Crippen molar-refractivity contribution in [3.05, 3.63) is 69.8 Å². The summed E-state index contributed by atoms with van der Waals surface area (Å²) < 4.78 is 0. The summed E-state index contributed by atoms with van der Waals surface area (Å²) in [6.45, 7) is 2.14. The third-order valence-corrected chi connectivity index (χ3v) is 3.21. The van der Waals surface area contributed by atoms with Crippen LogP contribution in [0.4, 0.5) is 16.2 Å². The summed E-state index contributed by atoms with van der Waals surface area (Å²) in [5.41, 5.74) is 2.07. The van der Waals surface area contributed by atoms with E-state index in [1.54, 1.807) is 19.1 Å². The molecule has 2 aromatic carbocycles. The number of nitro groups is 1. The number of aryl methyl sites for hydroxylation is 1. The van der Waals surface area contributed by atoms with Crippen LogP contribution in [0.3, 0.4) is 0 Å². The Kier molecular flexibility index (Phi) is 5.08. The van der Waals surface area contributed by atoms with Gasteiger partial charge in [-0.15, -0.1) is 0 Å². The van der Waals surface area contributed by atoms with Crippen molar-refractivity contribution in [2.45, 2.75) is 13.3 Å². The molecule has 0 aromatic heterocycles. The molecule has 0 heterocycles. The summed E-state index contributed by atoms with van der Waals surface area (Å²) >= 11 is 0. The number of hydrogen-bond donors (Lipinski definition) is 2. The van der Waals surface area contributed by atoms with Gasteiger partial charge in [0.05, 0.1) is 4.92 Å². The topological polar surface area (TPSA) is 84.3 Å². The predicted molar refractivity (Wildman–Crippen MR) is 85.0 cm³/mol. The monoisotopic (exact) mass is 299 g/mol. The Hall–Kier alpha value is -2.89. The molecule has 0 bridgehead atoms. The van der Waals surface area contributed by atoms with Gasteiger partial charge in [-0.2, -0.15) is 0 Å². The van der Waals surface area contributed by atoms with Crippen LogP contribution in [0, 0.1) is 17.0 Å². The van der Waals surface area contributed by atoms with Gasteiger partial charge >= 0.3 is 6.03 Å². The van der Waals surface area contributed by atoms with Crippen molar-refractivity contribution in [3.63, 3.8) is 0 Å². The van der Waals surface area contributed by atoms with Crippen molar-refractivity contribution in [2.75, 3.05) is 11.9 Å². The number of benzene rings is 2. The highest BCUT2D eigenvalue weighted by atomic mass is 16.6. The Labute approximate surface area is 128 Å². The van der Waals surface area contributed by atoms with E-state index in [-0.39, 0.29) is 11.7 Å². The van der Waals surface area contributed by atoms with Gasteiger partial charge in [0.15, 0.2) is 0 Å². The van der Waals surface area contributed by atoms with Gasteiger partial charge in [0, 0.05) is 23.9 Å². The molecule has 0 fully saturated rings. The minimum atomic E-state index is -0.464. The summed E-state index contributed by atoms with van der Waals surface area (Å²) in [6, 6.07) is 14.0. The highest BCUT2D eigenvalue weighted by Crippen LogP contribution is 2.22. The van der Waals surface area contributed by atoms with Gasteiger partial charge in [-0.25, -0.2) is 4.79 Å². The molecule has 6 nitrogen and oxygen atoms in total. The Morgan fingerprint density at radius 2 is 1.91 bits per heavy atom. The smallest absolute Gasteiger partial charge is 0.319 e. The molecular formula is C16H17N3O3. The zero-order chi connectivity index (χ0) is 15.9. The molecule has 0 aliphatic heterocycles. The summed E-state index contributed by atoms with van der Waals surface area (Å²) in [7, 11) is 0. The number of urea groups is 1. The second-order valence-electron chi connectivity index (χ2n) is 4.87. The minimum Gasteiger partial charge on any atom is -0.338 e. The van der Waals surface area contributed by atoms with E-state index >= 15 is 0 Å². The minimum absolute atomic E-state index is 0.0120. The van der Waals surface area contributed by atoms with E-state index in [0.717, 1.165) is 12.0 Å². The lowest BCUT2D eigenvalue weighted by Gasteiger charge is -2.08. The van der Waals surface area contributed by atoms with E-state index < -0.39 is 4.92 Å². The van der Waals surface area contributed by atoms with Crippen molar-refractivity contribution in [3.8, 4) is 0 Å². The largest absolute Gasteiger partial charge is 0.338 e. The lowest BCUT2D eigenvalue weighted by molar-refractivity contribution is -0.385. The van der Waals surface area contributed by atoms with E-state index in [2.05, 4.69) is 10.6 Å². The lowest BCUT2D eigenvalue weighted by atomic mass is 10.1. The van der Waals surface area contributed by atoms with E-state index in [0.29, 0.717) is 17.8 Å². The second-order valence-corrected chi connectivity index (χ2v) is 4.87. The number of nitrogens with zero attached hydrogens (tertiary/aromatic N) is 1. The van der Waals surface area contributed by atoms with Crippen LogP contribution in [0.25, 0.3) is 0 Å². The van der Waals surface area contributed by atoms with Crippen molar-refractivity contribution in [1.29, 1.82) is 0 Å². The molecule has 2 N–H and O–H groups in total. The SMILES string of the molecule is Cc1ccc(NC(=O)NCCc2ccccc2)cc1[N+](=O)[O-]. The molecule has 114 valence electrons. The molecule has 0 aliphatic rings. The number of amides is 2. The van der Waals surface area contributed by atoms with E-state index in [1.807, 2.05) is 30.3 Å². The molecule has 0 unspecified atom stereocenters. The first-order valence-corrected chi connectivity index (χ1v) is 6.90. The maximum Gasteiger partial charge on any atom is 0.319 e. The molecule has 0 spiro atoms. The fourth-order valence-electron chi connectivity index (χ4n) is 2.02. The molecule has 22 heavy (non-hydrogen) atoms. The normalized spacial score (nSPS) is 10.0. The molecule has 2 rings (SSSR count). The van der Waals surface area contributed by atoms with Crippen LogP contribution in [0.2, 0.25) is 0 Å². The van der Waals surface area contributed by atoms with Gasteiger partial charge in [-0.05, 0) is 25.0 Å². The molecule has 0 aliphatic carbocycles. The van der Waals surface area contributed by atoms with Crippen molar-refractivity contribution < 1.29 is 9.72 Å². The Bertz CT molecular complexity index is 672. The standard InChI is InChI=1S/C16H17N3O3/c1-12-7-8-14(11-15(12)19(21)22)18-16(20)17-10-9-13-5-3-2-4-6-13/h2-8,11H,9-10H2,1H3,(H2,17,18,20). The number of nitrogens with one attached hydrogen (secondary N) is 2. The maximum absolute atomic E-state index is 11.8. The molecule has 6 heteroatoms. The summed E-state index contributed by atoms with van der Waals surface area (Å²) in [5.74, 6) is 0. The molecule has 0 radical (unpaired) electrons. The number of rotatable bonds is 5. The van der Waals surface area contributed by atoms with Crippen LogP contribution in [-0.4, -0.2) is 17.5 Å². The van der Waals surface area contributed by atoms with E-state index in [9.17, 15) is 14.9 Å². The van der Waals surface area contributed by atoms with Gasteiger partial charge in [-0.3, -0.25) is 10.1 Å². The van der Waals surface area contributed by atoms with Crippen LogP contribution < -0.4 is 10.6 Å². The number of anilines is 1. The third-order valence-electron chi connectivity index (χ3n) is 3.21. The maximum atomic E-state index is 11.8. The summed E-state index contributed by atoms with van der Waals surface area (Å²) in [6.07, 6.45) is 0.725. The van der Waals surface area contributed by atoms with E-state index in [1.165, 1.54) is 6.07 Å². The van der Waals surface area contributed by atoms with Crippen LogP contribution in [0.1, 0.15) is 11.1 Å². The Balaban J connectivity index is 1.87. The summed E-state index contributed by atoms with van der Waals surface area (Å²) in [5, 5.41) is 16.2. The third kappa shape index (κ3) is 4.31. The first kappa shape index (κ1) is 15.5. The summed E-state index contributed by atoms with van der Waals surface area (Å²) in [4.78, 5) is 22.2. The first-order valence-electron chi connectivity index (χ1n) is 6.90. The van der Waals surface area contributed by atoms with Gasteiger partial charge < -0.3 is 10.6 Å². The molecule has 2 amide bonds. The van der Waals surface area contributed by atoms with Gasteiger partial charge in [0.1, 0.15) is 0 Å².